The largest absolute Gasteiger partial charge is 0.351 e. The van der Waals surface area contributed by atoms with Gasteiger partial charge in [0, 0.05) is 35.0 Å². The molecule has 2 aromatic carbocycles. The monoisotopic (exact) mass is 617 g/mol. The van der Waals surface area contributed by atoms with Crippen molar-refractivity contribution in [2.45, 2.75) is 32.7 Å². The number of para-hydroxylation sites is 1. The Morgan fingerprint density at radius 2 is 1.82 bits per heavy atom. The average molecular weight is 618 g/mol. The van der Waals surface area contributed by atoms with Crippen LogP contribution in [0.2, 0.25) is 0 Å². The topological polar surface area (TPSA) is 113 Å². The second kappa shape index (κ2) is 12.3. The third-order valence-electron chi connectivity index (χ3n) is 7.97. The van der Waals surface area contributed by atoms with Gasteiger partial charge in [-0.25, -0.2) is 18.8 Å². The van der Waals surface area contributed by atoms with E-state index in [4.69, 9.17) is 16.6 Å². The Morgan fingerprint density at radius 1 is 1.07 bits per heavy atom. The highest BCUT2D eigenvalue weighted by Gasteiger charge is 2.26. The number of piperidine rings is 1. The van der Waals surface area contributed by atoms with Gasteiger partial charge in [-0.05, 0) is 80.7 Å². The molecule has 0 spiro atoms. The summed E-state index contributed by atoms with van der Waals surface area (Å²) in [4.78, 5) is 40.0. The molecule has 2 aliphatic rings. The fraction of sp³-hybridized carbons (Fsp3) is 0.281. The van der Waals surface area contributed by atoms with E-state index in [0.29, 0.717) is 27.5 Å². The van der Waals surface area contributed by atoms with Gasteiger partial charge in [0.15, 0.2) is 5.65 Å². The van der Waals surface area contributed by atoms with Crippen LogP contribution in [0.3, 0.4) is 0 Å². The zero-order chi connectivity index (χ0) is 31.0. The van der Waals surface area contributed by atoms with Crippen LogP contribution in [0.1, 0.15) is 25.3 Å². The zero-order valence-electron chi connectivity index (χ0n) is 24.1. The summed E-state index contributed by atoms with van der Waals surface area (Å²) in [6.45, 7) is 5.41. The van der Waals surface area contributed by atoms with Crippen molar-refractivity contribution in [3.8, 4) is 16.9 Å². The molecule has 2 atom stereocenters. The minimum Gasteiger partial charge on any atom is -0.351 e. The summed E-state index contributed by atoms with van der Waals surface area (Å²) >= 11 is 6.00. The van der Waals surface area contributed by atoms with Crippen molar-refractivity contribution < 1.29 is 13.6 Å². The van der Waals surface area contributed by atoms with Crippen molar-refractivity contribution in [3.05, 3.63) is 87.3 Å². The van der Waals surface area contributed by atoms with Crippen molar-refractivity contribution in [1.29, 1.82) is 0 Å². The molecule has 2 aromatic heterocycles. The average Bonchev–Trinajstić information content (AvgIpc) is 2.99. The Balaban J connectivity index is 1.49. The number of anilines is 2. The molecule has 0 saturated carbocycles. The van der Waals surface area contributed by atoms with E-state index >= 15 is 8.78 Å². The lowest BCUT2D eigenvalue weighted by Gasteiger charge is -2.24. The summed E-state index contributed by atoms with van der Waals surface area (Å²) in [5.41, 5.74) is 1.32. The van der Waals surface area contributed by atoms with Crippen LogP contribution in [0, 0.1) is 30.4 Å². The Labute approximate surface area is 257 Å². The maximum absolute atomic E-state index is 15.1. The van der Waals surface area contributed by atoms with E-state index in [0.717, 1.165) is 48.2 Å². The molecule has 4 heterocycles. The summed E-state index contributed by atoms with van der Waals surface area (Å²) in [7, 11) is 0. The van der Waals surface area contributed by atoms with E-state index in [2.05, 4.69) is 25.9 Å². The van der Waals surface area contributed by atoms with Crippen molar-refractivity contribution in [2.24, 2.45) is 16.8 Å². The molecule has 1 fully saturated rings. The first-order valence-corrected chi connectivity index (χ1v) is 14.8. The van der Waals surface area contributed by atoms with Crippen LogP contribution < -0.4 is 21.5 Å². The van der Waals surface area contributed by atoms with Crippen LogP contribution in [-0.2, 0) is 4.79 Å². The second-order valence-electron chi connectivity index (χ2n) is 11.1. The second-order valence-corrected chi connectivity index (χ2v) is 11.4. The zero-order valence-corrected chi connectivity index (χ0v) is 24.8. The predicted molar refractivity (Wildman–Crippen MR) is 168 cm³/mol. The lowest BCUT2D eigenvalue weighted by molar-refractivity contribution is -0.118. The van der Waals surface area contributed by atoms with Gasteiger partial charge in [0.05, 0.1) is 11.6 Å². The van der Waals surface area contributed by atoms with Crippen molar-refractivity contribution in [2.75, 3.05) is 23.7 Å². The Hall–Kier alpha value is -4.48. The van der Waals surface area contributed by atoms with Gasteiger partial charge in [0.1, 0.15) is 22.5 Å². The number of benzene rings is 2. The van der Waals surface area contributed by atoms with Crippen LogP contribution in [0.25, 0.3) is 28.0 Å². The van der Waals surface area contributed by atoms with E-state index in [1.807, 2.05) is 19.9 Å². The highest BCUT2D eigenvalue weighted by Crippen LogP contribution is 2.33. The SMILES string of the molecule is Cc1ccc(NC(=O)C2C=NC(Cl)=CC2C)cc1-c1nc(NC2CCNCC2)nc2c1ccc(=O)n2-c1c(F)cccc1F. The minimum atomic E-state index is -0.898. The number of halogens is 3. The Kier molecular flexibility index (Phi) is 8.24. The highest BCUT2D eigenvalue weighted by molar-refractivity contribution is 6.30. The van der Waals surface area contributed by atoms with E-state index < -0.39 is 28.8 Å². The normalized spacial score (nSPS) is 18.7. The van der Waals surface area contributed by atoms with Gasteiger partial charge in [-0.3, -0.25) is 14.2 Å². The highest BCUT2D eigenvalue weighted by atomic mass is 35.5. The minimum absolute atomic E-state index is 0.0488. The fourth-order valence-corrected chi connectivity index (χ4v) is 5.85. The maximum Gasteiger partial charge on any atom is 0.256 e. The van der Waals surface area contributed by atoms with Gasteiger partial charge >= 0.3 is 0 Å². The lowest BCUT2D eigenvalue weighted by atomic mass is 9.92. The molecule has 6 rings (SSSR count). The Bertz CT molecular complexity index is 1860. The number of hydrogen-bond donors (Lipinski definition) is 3. The molecule has 12 heteroatoms. The van der Waals surface area contributed by atoms with Crippen molar-refractivity contribution in [1.82, 2.24) is 19.9 Å². The number of aryl methyl sites for hydroxylation is 1. The lowest BCUT2D eigenvalue weighted by Crippen LogP contribution is -2.35. The number of hydrogen-bond acceptors (Lipinski definition) is 7. The summed E-state index contributed by atoms with van der Waals surface area (Å²) in [6.07, 6.45) is 4.91. The number of amides is 1. The first-order valence-electron chi connectivity index (χ1n) is 14.4. The van der Waals surface area contributed by atoms with Crippen LogP contribution in [-0.4, -0.2) is 45.8 Å². The molecule has 1 amide bonds. The first kappa shape index (κ1) is 29.6. The molecule has 0 bridgehead atoms. The third kappa shape index (κ3) is 5.85. The molecular weight excluding hydrogens is 588 g/mol. The number of aromatic nitrogens is 3. The van der Waals surface area contributed by atoms with Crippen LogP contribution in [0.15, 0.2) is 69.6 Å². The van der Waals surface area contributed by atoms with Gasteiger partial charge in [-0.1, -0.05) is 30.7 Å². The van der Waals surface area contributed by atoms with E-state index in [1.54, 1.807) is 24.3 Å². The number of carbonyl (C=O) groups excluding carboxylic acids is 1. The van der Waals surface area contributed by atoms with Crippen LogP contribution in [0.5, 0.6) is 0 Å². The summed E-state index contributed by atoms with van der Waals surface area (Å²) < 4.78 is 31.1. The van der Waals surface area contributed by atoms with Gasteiger partial charge in [0.25, 0.3) is 5.56 Å². The molecule has 2 unspecified atom stereocenters. The first-order chi connectivity index (χ1) is 21.2. The number of nitrogens with zero attached hydrogens (tertiary/aromatic N) is 4. The van der Waals surface area contributed by atoms with E-state index in [-0.39, 0.29) is 29.5 Å². The molecule has 44 heavy (non-hydrogen) atoms. The molecular formula is C32H30ClF2N7O2. The van der Waals surface area contributed by atoms with Gasteiger partial charge < -0.3 is 16.0 Å². The van der Waals surface area contributed by atoms with E-state index in [9.17, 15) is 9.59 Å². The summed E-state index contributed by atoms with van der Waals surface area (Å²) in [5, 5.41) is 10.4. The summed E-state index contributed by atoms with van der Waals surface area (Å²) in [6, 6.07) is 11.7. The number of aliphatic imine (C=N–C) groups is 1. The number of pyridine rings is 1. The molecule has 9 nitrogen and oxygen atoms in total. The summed E-state index contributed by atoms with van der Waals surface area (Å²) in [5.74, 6) is -2.47. The van der Waals surface area contributed by atoms with Crippen LogP contribution in [0.4, 0.5) is 20.4 Å². The van der Waals surface area contributed by atoms with Gasteiger partial charge in [0.2, 0.25) is 11.9 Å². The molecule has 2 aliphatic heterocycles. The quantitative estimate of drug-likeness (QED) is 0.245. The van der Waals surface area contributed by atoms with Gasteiger partial charge in [-0.2, -0.15) is 4.98 Å². The molecule has 0 aliphatic carbocycles. The number of rotatable bonds is 6. The molecule has 3 N–H and O–H groups in total. The molecule has 1 saturated heterocycles. The molecule has 4 aromatic rings. The van der Waals surface area contributed by atoms with Gasteiger partial charge in [-0.15, -0.1) is 0 Å². The maximum atomic E-state index is 15.1. The molecule has 0 radical (unpaired) electrons. The third-order valence-corrected chi connectivity index (χ3v) is 8.20. The van der Waals surface area contributed by atoms with E-state index in [1.165, 1.54) is 18.3 Å². The van der Waals surface area contributed by atoms with Crippen molar-refractivity contribution >= 4 is 46.4 Å². The van der Waals surface area contributed by atoms with Crippen molar-refractivity contribution in [3.63, 3.8) is 0 Å². The standard InChI is InChI=1S/C32H30ClF2N7O2/c1-17-6-7-20(38-31(44)23-16-37-26(33)14-18(23)2)15-22(17)28-21-8-9-27(43)42(29-24(34)4-3-5-25(29)35)30(21)41-32(40-28)39-19-10-12-36-13-11-19/h3-9,14-16,18-19,23,36H,10-13H2,1-2H3,(H,38,44)(H,39,40,41). The van der Waals surface area contributed by atoms with Crippen LogP contribution >= 0.6 is 11.6 Å². The smallest absolute Gasteiger partial charge is 0.256 e. The number of allylic oxidation sites excluding steroid dienone is 1. The Morgan fingerprint density at radius 3 is 2.55 bits per heavy atom. The number of fused-ring (bicyclic) bond motifs is 1. The predicted octanol–water partition coefficient (Wildman–Crippen LogP) is 5.55. The fourth-order valence-electron chi connectivity index (χ4n) is 5.59. The number of carbonyl (C=O) groups is 1. The number of nitrogens with one attached hydrogen (secondary N) is 3. The molecule has 226 valence electrons.